The molecule has 1 heterocycles. The second kappa shape index (κ2) is 3.97. The van der Waals surface area contributed by atoms with Gasteiger partial charge in [0.2, 0.25) is 0 Å². The molecule has 2 aromatic rings. The topological polar surface area (TPSA) is 12.0 Å². The van der Waals surface area contributed by atoms with E-state index in [2.05, 4.69) is 31.3 Å². The maximum absolute atomic E-state index is 6.03. The predicted molar refractivity (Wildman–Crippen MR) is 74.8 cm³/mol. The van der Waals surface area contributed by atoms with E-state index >= 15 is 0 Å². The fourth-order valence-corrected chi connectivity index (χ4v) is 3.55. The van der Waals surface area contributed by atoms with Crippen LogP contribution in [-0.4, -0.2) is 0 Å². The zero-order valence-corrected chi connectivity index (χ0v) is 11.2. The van der Waals surface area contributed by atoms with Gasteiger partial charge in [-0.3, -0.25) is 0 Å². The minimum atomic E-state index is 0.783. The van der Waals surface area contributed by atoms with Crippen LogP contribution in [0.4, 0.5) is 11.4 Å². The molecule has 1 aliphatic heterocycles. The molecule has 0 aromatic heterocycles. The summed E-state index contributed by atoms with van der Waals surface area (Å²) in [6.45, 7) is 4.27. The van der Waals surface area contributed by atoms with Crippen molar-refractivity contribution < 1.29 is 0 Å². The monoisotopic (exact) mass is 261 g/mol. The van der Waals surface area contributed by atoms with Crippen LogP contribution < -0.4 is 5.32 Å². The molecule has 1 nitrogen and oxygen atoms in total. The van der Waals surface area contributed by atoms with Crippen LogP contribution in [0.3, 0.4) is 0 Å². The molecule has 0 fully saturated rings. The minimum absolute atomic E-state index is 0.783. The fourth-order valence-electron chi connectivity index (χ4n) is 2.11. The molecule has 0 amide bonds. The predicted octanol–water partition coefficient (Wildman–Crippen LogP) is 5.17. The van der Waals surface area contributed by atoms with Crippen LogP contribution >= 0.6 is 23.4 Å². The summed E-state index contributed by atoms with van der Waals surface area (Å²) in [5, 5.41) is 4.27. The number of fused-ring (bicyclic) bond motifs is 2. The first-order valence-electron chi connectivity index (χ1n) is 5.49. The third-order valence-corrected chi connectivity index (χ3v) is 4.20. The van der Waals surface area contributed by atoms with Crippen LogP contribution in [-0.2, 0) is 0 Å². The lowest BCUT2D eigenvalue weighted by molar-refractivity contribution is 1.24. The van der Waals surface area contributed by atoms with Crippen molar-refractivity contribution in [1.29, 1.82) is 0 Å². The molecule has 0 unspecified atom stereocenters. The van der Waals surface area contributed by atoms with Gasteiger partial charge < -0.3 is 5.32 Å². The first-order valence-corrected chi connectivity index (χ1v) is 6.68. The molecule has 0 aliphatic carbocycles. The van der Waals surface area contributed by atoms with E-state index in [4.69, 9.17) is 11.6 Å². The molecule has 2 aromatic carbocycles. The molecule has 0 atom stereocenters. The number of hydrogen-bond donors (Lipinski definition) is 1. The van der Waals surface area contributed by atoms with Gasteiger partial charge >= 0.3 is 0 Å². The molecule has 0 radical (unpaired) electrons. The second-order valence-corrected chi connectivity index (χ2v) is 5.84. The summed E-state index contributed by atoms with van der Waals surface area (Å²) < 4.78 is 0. The second-order valence-electron chi connectivity index (χ2n) is 4.32. The van der Waals surface area contributed by atoms with Gasteiger partial charge in [-0.25, -0.2) is 0 Å². The summed E-state index contributed by atoms with van der Waals surface area (Å²) in [5.74, 6) is 0. The molecule has 3 rings (SSSR count). The SMILES string of the molecule is Cc1cc(C)c2c(c1)Sc1cc(Cl)ccc1N2. The van der Waals surface area contributed by atoms with Gasteiger partial charge in [0.05, 0.1) is 11.4 Å². The minimum Gasteiger partial charge on any atom is -0.353 e. The summed E-state index contributed by atoms with van der Waals surface area (Å²) in [6.07, 6.45) is 0. The Bertz CT molecular complexity index is 607. The van der Waals surface area contributed by atoms with E-state index in [1.807, 2.05) is 18.2 Å². The van der Waals surface area contributed by atoms with E-state index in [1.54, 1.807) is 11.8 Å². The van der Waals surface area contributed by atoms with Gasteiger partial charge in [0.1, 0.15) is 0 Å². The number of aryl methyl sites for hydroxylation is 2. The van der Waals surface area contributed by atoms with Crippen LogP contribution in [0.1, 0.15) is 11.1 Å². The van der Waals surface area contributed by atoms with Crippen molar-refractivity contribution in [2.24, 2.45) is 0 Å². The van der Waals surface area contributed by atoms with Crippen molar-refractivity contribution in [3.05, 3.63) is 46.5 Å². The van der Waals surface area contributed by atoms with E-state index in [-0.39, 0.29) is 0 Å². The van der Waals surface area contributed by atoms with E-state index in [1.165, 1.54) is 26.6 Å². The highest BCUT2D eigenvalue weighted by Crippen LogP contribution is 2.46. The molecular formula is C14H12ClNS. The summed E-state index contributed by atoms with van der Waals surface area (Å²) in [5.41, 5.74) is 4.93. The lowest BCUT2D eigenvalue weighted by Gasteiger charge is -2.23. The van der Waals surface area contributed by atoms with Crippen molar-refractivity contribution in [2.75, 3.05) is 5.32 Å². The van der Waals surface area contributed by atoms with Crippen molar-refractivity contribution >= 4 is 34.7 Å². The Morgan fingerprint density at radius 1 is 1.06 bits per heavy atom. The molecule has 1 N–H and O–H groups in total. The first kappa shape index (κ1) is 11.0. The van der Waals surface area contributed by atoms with Crippen molar-refractivity contribution in [3.8, 4) is 0 Å². The Labute approximate surface area is 110 Å². The highest BCUT2D eigenvalue weighted by atomic mass is 35.5. The van der Waals surface area contributed by atoms with Crippen LogP contribution in [0.5, 0.6) is 0 Å². The fraction of sp³-hybridized carbons (Fsp3) is 0.143. The highest BCUT2D eigenvalue weighted by Gasteiger charge is 2.17. The van der Waals surface area contributed by atoms with E-state index in [0.717, 1.165) is 10.7 Å². The Morgan fingerprint density at radius 3 is 2.71 bits per heavy atom. The molecule has 17 heavy (non-hydrogen) atoms. The Hall–Kier alpha value is -1.12. The number of nitrogens with one attached hydrogen (secondary N) is 1. The van der Waals surface area contributed by atoms with Gasteiger partial charge in [-0.2, -0.15) is 0 Å². The molecule has 3 heteroatoms. The van der Waals surface area contributed by atoms with Gasteiger partial charge in [-0.1, -0.05) is 29.4 Å². The normalized spacial score (nSPS) is 12.6. The summed E-state index contributed by atoms with van der Waals surface area (Å²) in [6, 6.07) is 10.4. The summed E-state index contributed by atoms with van der Waals surface area (Å²) >= 11 is 7.80. The van der Waals surface area contributed by atoms with E-state index in [9.17, 15) is 0 Å². The number of benzene rings is 2. The smallest absolute Gasteiger partial charge is 0.0556 e. The lowest BCUT2D eigenvalue weighted by Crippen LogP contribution is -2.02. The quantitative estimate of drug-likeness (QED) is 0.599. The third kappa shape index (κ3) is 1.92. The van der Waals surface area contributed by atoms with Crippen molar-refractivity contribution in [1.82, 2.24) is 0 Å². The zero-order valence-electron chi connectivity index (χ0n) is 9.67. The van der Waals surface area contributed by atoms with Crippen LogP contribution in [0, 0.1) is 13.8 Å². The van der Waals surface area contributed by atoms with Crippen LogP contribution in [0.2, 0.25) is 5.02 Å². The van der Waals surface area contributed by atoms with Gasteiger partial charge in [0.15, 0.2) is 0 Å². The Kier molecular flexibility index (Phi) is 2.57. The maximum Gasteiger partial charge on any atom is 0.0556 e. The molecule has 86 valence electrons. The van der Waals surface area contributed by atoms with E-state index < -0.39 is 0 Å². The van der Waals surface area contributed by atoms with Gasteiger partial charge in [0.25, 0.3) is 0 Å². The number of anilines is 2. The van der Waals surface area contributed by atoms with Crippen molar-refractivity contribution in [3.63, 3.8) is 0 Å². The largest absolute Gasteiger partial charge is 0.353 e. The van der Waals surface area contributed by atoms with Gasteiger partial charge in [-0.05, 0) is 49.2 Å². The maximum atomic E-state index is 6.03. The molecule has 0 saturated carbocycles. The van der Waals surface area contributed by atoms with Crippen LogP contribution in [0.25, 0.3) is 0 Å². The van der Waals surface area contributed by atoms with Gasteiger partial charge in [-0.15, -0.1) is 0 Å². The number of rotatable bonds is 0. The van der Waals surface area contributed by atoms with Crippen LogP contribution in [0.15, 0.2) is 40.1 Å². The Balaban J connectivity index is 2.14. The molecule has 0 bridgehead atoms. The third-order valence-electron chi connectivity index (χ3n) is 2.87. The number of hydrogen-bond acceptors (Lipinski definition) is 2. The van der Waals surface area contributed by atoms with Gasteiger partial charge in [0, 0.05) is 14.8 Å². The standard InChI is InChI=1S/C14H12ClNS/c1-8-5-9(2)14-13(6-8)17-12-7-10(15)3-4-11(12)16-14/h3-7,16H,1-2H3. The molecule has 1 aliphatic rings. The van der Waals surface area contributed by atoms with Crippen molar-refractivity contribution in [2.45, 2.75) is 23.6 Å². The average Bonchev–Trinajstić information content (AvgIpc) is 2.26. The summed E-state index contributed by atoms with van der Waals surface area (Å²) in [7, 11) is 0. The lowest BCUT2D eigenvalue weighted by atomic mass is 10.1. The van der Waals surface area contributed by atoms with E-state index in [0.29, 0.717) is 0 Å². The average molecular weight is 262 g/mol. The number of halogens is 1. The summed E-state index contributed by atoms with van der Waals surface area (Å²) in [4.78, 5) is 2.47. The first-order chi connectivity index (χ1) is 8.13. The molecule has 0 saturated heterocycles. The highest BCUT2D eigenvalue weighted by molar-refractivity contribution is 7.99. The Morgan fingerprint density at radius 2 is 1.88 bits per heavy atom. The zero-order chi connectivity index (χ0) is 12.0. The molecule has 0 spiro atoms. The molecular weight excluding hydrogens is 250 g/mol.